The molecular weight excluding hydrogens is 200 g/mol. The molecule has 0 aliphatic rings. The van der Waals surface area contributed by atoms with Crippen LogP contribution in [-0.2, 0) is 4.79 Å². The zero-order valence-corrected chi connectivity index (χ0v) is 8.28. The van der Waals surface area contributed by atoms with Crippen molar-refractivity contribution in [3.05, 3.63) is 23.3 Å². The fourth-order valence-electron chi connectivity index (χ4n) is 1.08. The van der Waals surface area contributed by atoms with E-state index in [1.807, 2.05) is 6.07 Å². The lowest BCUT2D eigenvalue weighted by atomic mass is 10.2. The summed E-state index contributed by atoms with van der Waals surface area (Å²) in [6.45, 7) is 1.63. The van der Waals surface area contributed by atoms with Crippen molar-refractivity contribution in [1.82, 2.24) is 9.97 Å². The minimum absolute atomic E-state index is 0.561. The van der Waals surface area contributed by atoms with E-state index in [9.17, 15) is 4.79 Å². The summed E-state index contributed by atoms with van der Waals surface area (Å²) in [5.41, 5.74) is 0.764. The number of pyridine rings is 1. The quantitative estimate of drug-likeness (QED) is 0.818. The number of aromatic nitrogens is 2. The van der Waals surface area contributed by atoms with Gasteiger partial charge < -0.3 is 5.11 Å². The van der Waals surface area contributed by atoms with Gasteiger partial charge in [-0.15, -0.1) is 0 Å². The van der Waals surface area contributed by atoms with E-state index in [0.29, 0.717) is 5.01 Å². The molecule has 0 aromatic carbocycles. The SMILES string of the molecule is CC(C(=O)O)c1nc2cccnc2s1. The van der Waals surface area contributed by atoms with Crippen molar-refractivity contribution in [1.29, 1.82) is 0 Å². The van der Waals surface area contributed by atoms with Gasteiger partial charge >= 0.3 is 5.97 Å². The maximum absolute atomic E-state index is 10.7. The molecule has 0 saturated heterocycles. The second-order valence-corrected chi connectivity index (χ2v) is 3.95. The van der Waals surface area contributed by atoms with Crippen molar-refractivity contribution < 1.29 is 9.90 Å². The Bertz CT molecular complexity index is 447. The van der Waals surface area contributed by atoms with E-state index in [0.717, 1.165) is 10.3 Å². The van der Waals surface area contributed by atoms with E-state index in [2.05, 4.69) is 9.97 Å². The first-order valence-corrected chi connectivity index (χ1v) is 4.94. The molecule has 1 unspecified atom stereocenters. The Morgan fingerprint density at radius 2 is 2.43 bits per heavy atom. The van der Waals surface area contributed by atoms with Crippen LogP contribution in [0, 0.1) is 0 Å². The summed E-state index contributed by atoms with van der Waals surface area (Å²) in [4.78, 5) is 19.8. The monoisotopic (exact) mass is 208 g/mol. The van der Waals surface area contributed by atoms with Crippen LogP contribution in [-0.4, -0.2) is 21.0 Å². The Balaban J connectivity index is 2.50. The number of thiazole rings is 1. The van der Waals surface area contributed by atoms with Crippen LogP contribution in [0.1, 0.15) is 17.8 Å². The average Bonchev–Trinajstić information content (AvgIpc) is 2.59. The van der Waals surface area contributed by atoms with Crippen LogP contribution in [0.15, 0.2) is 18.3 Å². The number of aliphatic carboxylic acids is 1. The molecule has 72 valence electrons. The summed E-state index contributed by atoms with van der Waals surface area (Å²) in [5.74, 6) is -1.42. The molecular formula is C9H8N2O2S. The van der Waals surface area contributed by atoms with Gasteiger partial charge in [0.25, 0.3) is 0 Å². The van der Waals surface area contributed by atoms with E-state index in [-0.39, 0.29) is 0 Å². The Morgan fingerprint density at radius 1 is 1.64 bits per heavy atom. The van der Waals surface area contributed by atoms with E-state index in [4.69, 9.17) is 5.11 Å². The predicted molar refractivity (Wildman–Crippen MR) is 53.5 cm³/mol. The molecule has 2 aromatic rings. The number of carboxylic acids is 1. The molecule has 1 atom stereocenters. The third-order valence-electron chi connectivity index (χ3n) is 1.92. The van der Waals surface area contributed by atoms with Crippen molar-refractivity contribution in [3.8, 4) is 0 Å². The summed E-state index contributed by atoms with van der Waals surface area (Å²) in [6.07, 6.45) is 1.68. The van der Waals surface area contributed by atoms with Crippen molar-refractivity contribution in [2.24, 2.45) is 0 Å². The van der Waals surface area contributed by atoms with Gasteiger partial charge in [-0.3, -0.25) is 4.79 Å². The molecule has 0 spiro atoms. The maximum atomic E-state index is 10.7. The van der Waals surface area contributed by atoms with Gasteiger partial charge in [-0.2, -0.15) is 0 Å². The summed E-state index contributed by atoms with van der Waals surface area (Å²) in [7, 11) is 0. The molecule has 0 saturated carbocycles. The molecule has 0 fully saturated rings. The Kier molecular flexibility index (Phi) is 2.17. The van der Waals surface area contributed by atoms with Crippen LogP contribution >= 0.6 is 11.3 Å². The van der Waals surface area contributed by atoms with Gasteiger partial charge in [0.15, 0.2) is 0 Å². The first-order chi connectivity index (χ1) is 6.68. The van der Waals surface area contributed by atoms with Gasteiger partial charge in [-0.25, -0.2) is 9.97 Å². The number of carboxylic acid groups (broad SMARTS) is 1. The minimum atomic E-state index is -0.857. The highest BCUT2D eigenvalue weighted by Gasteiger charge is 2.18. The number of nitrogens with zero attached hydrogens (tertiary/aromatic N) is 2. The number of fused-ring (bicyclic) bond motifs is 1. The van der Waals surface area contributed by atoms with Crippen molar-refractivity contribution in [2.75, 3.05) is 0 Å². The molecule has 0 aliphatic carbocycles. The number of carbonyl (C=O) groups is 1. The molecule has 1 N–H and O–H groups in total. The molecule has 5 heteroatoms. The first kappa shape index (κ1) is 9.08. The van der Waals surface area contributed by atoms with Crippen LogP contribution in [0.25, 0.3) is 10.3 Å². The normalized spacial score (nSPS) is 12.9. The van der Waals surface area contributed by atoms with Gasteiger partial charge in [-0.1, -0.05) is 11.3 Å². The van der Waals surface area contributed by atoms with Gasteiger partial charge in [-0.05, 0) is 19.1 Å². The molecule has 0 radical (unpaired) electrons. The summed E-state index contributed by atoms with van der Waals surface area (Å²) < 4.78 is 0. The highest BCUT2D eigenvalue weighted by atomic mass is 32.1. The van der Waals surface area contributed by atoms with E-state index < -0.39 is 11.9 Å². The highest BCUT2D eigenvalue weighted by Crippen LogP contribution is 2.25. The first-order valence-electron chi connectivity index (χ1n) is 4.13. The molecule has 2 aromatic heterocycles. The number of hydrogen-bond donors (Lipinski definition) is 1. The Labute approximate surface area is 84.2 Å². The van der Waals surface area contributed by atoms with Crippen LogP contribution in [0.3, 0.4) is 0 Å². The average molecular weight is 208 g/mol. The predicted octanol–water partition coefficient (Wildman–Crippen LogP) is 1.88. The second-order valence-electron chi connectivity index (χ2n) is 2.94. The Morgan fingerprint density at radius 3 is 3.07 bits per heavy atom. The Hall–Kier alpha value is -1.49. The third kappa shape index (κ3) is 1.46. The standard InChI is InChI=1S/C9H8N2O2S/c1-5(9(12)13)7-11-6-3-2-4-10-8(6)14-7/h2-5H,1H3,(H,12,13). The van der Waals surface area contributed by atoms with Crippen molar-refractivity contribution >= 4 is 27.7 Å². The van der Waals surface area contributed by atoms with Crippen molar-refractivity contribution in [2.45, 2.75) is 12.8 Å². The highest BCUT2D eigenvalue weighted by molar-refractivity contribution is 7.18. The molecule has 14 heavy (non-hydrogen) atoms. The van der Waals surface area contributed by atoms with Gasteiger partial charge in [0.1, 0.15) is 21.3 Å². The van der Waals surface area contributed by atoms with Gasteiger partial charge in [0, 0.05) is 6.20 Å². The van der Waals surface area contributed by atoms with E-state index >= 15 is 0 Å². The molecule has 2 heterocycles. The minimum Gasteiger partial charge on any atom is -0.481 e. The van der Waals surface area contributed by atoms with E-state index in [1.54, 1.807) is 19.2 Å². The van der Waals surface area contributed by atoms with Gasteiger partial charge in [0.05, 0.1) is 0 Å². The van der Waals surface area contributed by atoms with Gasteiger partial charge in [0.2, 0.25) is 0 Å². The lowest BCUT2D eigenvalue weighted by molar-refractivity contribution is -0.138. The maximum Gasteiger partial charge on any atom is 0.313 e. The molecule has 0 aliphatic heterocycles. The van der Waals surface area contributed by atoms with E-state index in [1.165, 1.54) is 11.3 Å². The fourth-order valence-corrected chi connectivity index (χ4v) is 2.03. The summed E-state index contributed by atoms with van der Waals surface area (Å²) in [5, 5.41) is 9.41. The van der Waals surface area contributed by atoms with Crippen molar-refractivity contribution in [3.63, 3.8) is 0 Å². The molecule has 4 nitrogen and oxygen atoms in total. The molecule has 0 bridgehead atoms. The largest absolute Gasteiger partial charge is 0.481 e. The lowest BCUT2D eigenvalue weighted by Crippen LogP contribution is -2.06. The second kappa shape index (κ2) is 3.34. The number of rotatable bonds is 2. The fraction of sp³-hybridized carbons (Fsp3) is 0.222. The molecule has 2 rings (SSSR count). The zero-order valence-electron chi connectivity index (χ0n) is 7.47. The van der Waals surface area contributed by atoms with Crippen LogP contribution < -0.4 is 0 Å². The summed E-state index contributed by atoms with van der Waals surface area (Å²) >= 11 is 1.33. The van der Waals surface area contributed by atoms with Crippen LogP contribution in [0.4, 0.5) is 0 Å². The van der Waals surface area contributed by atoms with Crippen LogP contribution in [0.5, 0.6) is 0 Å². The number of hydrogen-bond acceptors (Lipinski definition) is 4. The summed E-state index contributed by atoms with van der Waals surface area (Å²) in [6, 6.07) is 3.62. The lowest BCUT2D eigenvalue weighted by Gasteiger charge is -1.98. The molecule has 0 amide bonds. The van der Waals surface area contributed by atoms with Crippen LogP contribution in [0.2, 0.25) is 0 Å². The topological polar surface area (TPSA) is 63.1 Å². The smallest absolute Gasteiger partial charge is 0.313 e. The zero-order chi connectivity index (χ0) is 10.1. The third-order valence-corrected chi connectivity index (χ3v) is 3.09.